The molecule has 2 aliphatic rings. The summed E-state index contributed by atoms with van der Waals surface area (Å²) in [5.74, 6) is -0.104. The first-order valence-corrected chi connectivity index (χ1v) is 13.6. The zero-order valence-electron chi connectivity index (χ0n) is 19.4. The highest BCUT2D eigenvalue weighted by Crippen LogP contribution is 2.22. The number of rotatable bonds is 10. The summed E-state index contributed by atoms with van der Waals surface area (Å²) in [6.45, 7) is 8.46. The maximum Gasteiger partial charge on any atom is 0.216 e. The highest BCUT2D eigenvalue weighted by molar-refractivity contribution is 7.89. The van der Waals surface area contributed by atoms with E-state index >= 15 is 0 Å². The van der Waals surface area contributed by atoms with Crippen LogP contribution in [0.5, 0.6) is 0 Å². The molecule has 1 unspecified atom stereocenters. The van der Waals surface area contributed by atoms with Crippen LogP contribution < -0.4 is 0 Å². The lowest BCUT2D eigenvalue weighted by Gasteiger charge is -2.37. The Bertz CT molecular complexity index is 989. The van der Waals surface area contributed by atoms with Crippen LogP contribution in [0.15, 0.2) is 30.5 Å². The van der Waals surface area contributed by atoms with Gasteiger partial charge in [0.1, 0.15) is 5.82 Å². The van der Waals surface area contributed by atoms with Crippen LogP contribution in [0.3, 0.4) is 0 Å². The zero-order chi connectivity index (χ0) is 23.3. The number of benzene rings is 1. The van der Waals surface area contributed by atoms with Crippen molar-refractivity contribution < 1.29 is 12.8 Å². The summed E-state index contributed by atoms with van der Waals surface area (Å²) in [6.07, 6.45) is 6.87. The Labute approximate surface area is 196 Å². The Morgan fingerprint density at radius 3 is 2.52 bits per heavy atom. The number of hydrogen-bond acceptors (Lipinski definition) is 6. The van der Waals surface area contributed by atoms with Crippen molar-refractivity contribution in [3.05, 3.63) is 47.5 Å². The summed E-state index contributed by atoms with van der Waals surface area (Å²) in [4.78, 5) is 4.85. The minimum Gasteiger partial charge on any atom is -0.301 e. The summed E-state index contributed by atoms with van der Waals surface area (Å²) in [5, 5.41) is 8.27. The predicted octanol–water partition coefficient (Wildman–Crippen LogP) is 2.18. The second-order valence-electron chi connectivity index (χ2n) is 9.20. The molecule has 10 heteroatoms. The Kier molecular flexibility index (Phi) is 8.11. The van der Waals surface area contributed by atoms with Crippen LogP contribution in [0, 0.1) is 5.82 Å². The molecule has 33 heavy (non-hydrogen) atoms. The molecular weight excluding hydrogens is 443 g/mol. The standard InChI is InChI=1S/C23H35FN6O2S/c1-2-3-4-5-10-27-11-13-28(14-12-27)23-18-30(33(31,32)19-23)17-22-16-29(26-25-22)15-20-6-8-21(24)9-7-20/h6-9,16,23H,2-5,10-15,17-19H2,1H3. The van der Waals surface area contributed by atoms with Gasteiger partial charge < -0.3 is 4.90 Å². The van der Waals surface area contributed by atoms with Crippen molar-refractivity contribution >= 4 is 10.0 Å². The summed E-state index contributed by atoms with van der Waals surface area (Å²) in [5.41, 5.74) is 1.53. The van der Waals surface area contributed by atoms with Gasteiger partial charge in [-0.3, -0.25) is 4.90 Å². The van der Waals surface area contributed by atoms with Gasteiger partial charge in [0, 0.05) is 38.8 Å². The summed E-state index contributed by atoms with van der Waals surface area (Å²) in [7, 11) is -3.31. The van der Waals surface area contributed by atoms with Gasteiger partial charge in [0.25, 0.3) is 0 Å². The van der Waals surface area contributed by atoms with Gasteiger partial charge in [0.05, 0.1) is 30.7 Å². The second kappa shape index (κ2) is 11.0. The number of piperazine rings is 1. The monoisotopic (exact) mass is 478 g/mol. The minimum absolute atomic E-state index is 0.0338. The topological polar surface area (TPSA) is 74.6 Å². The highest BCUT2D eigenvalue weighted by atomic mass is 32.2. The molecule has 2 aromatic rings. The number of aromatic nitrogens is 3. The van der Waals surface area contributed by atoms with Gasteiger partial charge in [-0.2, -0.15) is 4.31 Å². The van der Waals surface area contributed by atoms with E-state index < -0.39 is 10.0 Å². The number of unbranched alkanes of at least 4 members (excludes halogenated alkanes) is 3. The van der Waals surface area contributed by atoms with E-state index in [1.54, 1.807) is 27.3 Å². The van der Waals surface area contributed by atoms with Crippen molar-refractivity contribution in [2.24, 2.45) is 0 Å². The van der Waals surface area contributed by atoms with Crippen molar-refractivity contribution in [1.82, 2.24) is 29.1 Å². The third kappa shape index (κ3) is 6.59. The molecule has 0 radical (unpaired) electrons. The third-order valence-electron chi connectivity index (χ3n) is 6.64. The quantitative estimate of drug-likeness (QED) is 0.488. The fourth-order valence-electron chi connectivity index (χ4n) is 4.69. The molecule has 1 atom stereocenters. The van der Waals surface area contributed by atoms with Gasteiger partial charge >= 0.3 is 0 Å². The Morgan fingerprint density at radius 1 is 1.03 bits per heavy atom. The van der Waals surface area contributed by atoms with Crippen molar-refractivity contribution in [3.63, 3.8) is 0 Å². The van der Waals surface area contributed by atoms with Gasteiger partial charge in [0.15, 0.2) is 0 Å². The van der Waals surface area contributed by atoms with E-state index in [0.29, 0.717) is 18.8 Å². The van der Waals surface area contributed by atoms with E-state index in [1.807, 2.05) is 0 Å². The van der Waals surface area contributed by atoms with Crippen LogP contribution in [0.4, 0.5) is 4.39 Å². The molecule has 0 N–H and O–H groups in total. The van der Waals surface area contributed by atoms with Crippen LogP contribution in [0.2, 0.25) is 0 Å². The van der Waals surface area contributed by atoms with E-state index in [0.717, 1.165) is 38.3 Å². The Balaban J connectivity index is 1.27. The van der Waals surface area contributed by atoms with Crippen molar-refractivity contribution in [1.29, 1.82) is 0 Å². The lowest BCUT2D eigenvalue weighted by molar-refractivity contribution is 0.0996. The van der Waals surface area contributed by atoms with Crippen LogP contribution >= 0.6 is 0 Å². The normalized spacial score (nSPS) is 22.2. The van der Waals surface area contributed by atoms with Gasteiger partial charge in [-0.15, -0.1) is 5.10 Å². The van der Waals surface area contributed by atoms with E-state index in [2.05, 4.69) is 27.0 Å². The van der Waals surface area contributed by atoms with Crippen molar-refractivity contribution in [2.75, 3.05) is 45.0 Å². The fourth-order valence-corrected chi connectivity index (χ4v) is 6.44. The zero-order valence-corrected chi connectivity index (χ0v) is 20.3. The molecule has 0 saturated carbocycles. The van der Waals surface area contributed by atoms with Gasteiger partial charge in [0.2, 0.25) is 10.0 Å². The molecule has 2 aliphatic heterocycles. The van der Waals surface area contributed by atoms with E-state index in [1.165, 1.54) is 37.8 Å². The molecule has 2 saturated heterocycles. The van der Waals surface area contributed by atoms with Crippen molar-refractivity contribution in [3.8, 4) is 0 Å². The molecule has 0 spiro atoms. The summed E-state index contributed by atoms with van der Waals surface area (Å²) >= 11 is 0. The molecule has 4 rings (SSSR count). The first-order valence-electron chi connectivity index (χ1n) is 12.0. The lowest BCUT2D eigenvalue weighted by Crippen LogP contribution is -2.51. The number of sulfonamides is 1. The van der Waals surface area contributed by atoms with Crippen LogP contribution in [0.1, 0.15) is 43.9 Å². The highest BCUT2D eigenvalue weighted by Gasteiger charge is 2.40. The smallest absolute Gasteiger partial charge is 0.216 e. The molecule has 0 aliphatic carbocycles. The molecule has 1 aromatic heterocycles. The number of nitrogens with zero attached hydrogens (tertiary/aromatic N) is 6. The van der Waals surface area contributed by atoms with E-state index in [9.17, 15) is 12.8 Å². The molecule has 0 bridgehead atoms. The second-order valence-corrected chi connectivity index (χ2v) is 11.2. The predicted molar refractivity (Wildman–Crippen MR) is 126 cm³/mol. The van der Waals surface area contributed by atoms with Crippen molar-refractivity contribution in [2.45, 2.75) is 51.7 Å². The lowest BCUT2D eigenvalue weighted by atomic mass is 10.2. The number of halogens is 1. The average Bonchev–Trinajstić information content (AvgIpc) is 3.36. The van der Waals surface area contributed by atoms with Gasteiger partial charge in [-0.25, -0.2) is 17.5 Å². The molecule has 0 amide bonds. The van der Waals surface area contributed by atoms with E-state index in [-0.39, 0.29) is 24.2 Å². The van der Waals surface area contributed by atoms with Crippen LogP contribution in [-0.4, -0.2) is 88.6 Å². The average molecular weight is 479 g/mol. The maximum atomic E-state index is 13.1. The summed E-state index contributed by atoms with van der Waals surface area (Å²) < 4.78 is 41.9. The first kappa shape index (κ1) is 24.3. The SMILES string of the molecule is CCCCCCN1CCN(C2CN(Cc3cn(Cc4ccc(F)cc4)nn3)S(=O)(=O)C2)CC1. The van der Waals surface area contributed by atoms with Gasteiger partial charge in [-0.05, 0) is 30.7 Å². The minimum atomic E-state index is -3.31. The van der Waals surface area contributed by atoms with E-state index in [4.69, 9.17) is 0 Å². The van der Waals surface area contributed by atoms with Crippen LogP contribution in [0.25, 0.3) is 0 Å². The molecule has 182 valence electrons. The Hall–Kier alpha value is -1.88. The summed E-state index contributed by atoms with van der Waals surface area (Å²) in [6, 6.07) is 6.27. The first-order chi connectivity index (χ1) is 15.9. The fraction of sp³-hybridized carbons (Fsp3) is 0.652. The molecule has 3 heterocycles. The maximum absolute atomic E-state index is 13.1. The molecule has 2 fully saturated rings. The Morgan fingerprint density at radius 2 is 1.79 bits per heavy atom. The third-order valence-corrected chi connectivity index (χ3v) is 8.52. The molecular formula is C23H35FN6O2S. The molecule has 1 aromatic carbocycles. The largest absolute Gasteiger partial charge is 0.301 e. The number of hydrogen-bond donors (Lipinski definition) is 0. The van der Waals surface area contributed by atoms with Crippen LogP contribution in [-0.2, 0) is 23.1 Å². The molecule has 8 nitrogen and oxygen atoms in total. The van der Waals surface area contributed by atoms with Gasteiger partial charge in [-0.1, -0.05) is 43.5 Å².